The molecule has 1 aliphatic heterocycles. The van der Waals surface area contributed by atoms with Gasteiger partial charge < -0.3 is 25.0 Å². The molecule has 2 rings (SSSR count). The first-order chi connectivity index (χ1) is 13.0. The maximum Gasteiger partial charge on any atom is 0.387 e. The van der Waals surface area contributed by atoms with Gasteiger partial charge in [0.2, 0.25) is 0 Å². The zero-order valence-corrected chi connectivity index (χ0v) is 16.3. The normalized spacial score (nSPS) is 16.4. The van der Waals surface area contributed by atoms with E-state index in [1.54, 1.807) is 12.1 Å². The van der Waals surface area contributed by atoms with Gasteiger partial charge in [-0.1, -0.05) is 0 Å². The van der Waals surface area contributed by atoms with Crippen molar-refractivity contribution < 1.29 is 18.3 Å². The van der Waals surface area contributed by atoms with Crippen molar-refractivity contribution in [3.63, 3.8) is 0 Å². The Hall–Kier alpha value is -2.09. The average Bonchev–Trinajstić information content (AvgIpc) is 2.65. The summed E-state index contributed by atoms with van der Waals surface area (Å²) >= 11 is 0. The molecule has 0 amide bonds. The van der Waals surface area contributed by atoms with Crippen LogP contribution in [-0.2, 0) is 6.54 Å². The van der Waals surface area contributed by atoms with Crippen molar-refractivity contribution in [1.29, 1.82) is 0 Å². The van der Waals surface area contributed by atoms with Crippen molar-refractivity contribution in [1.82, 2.24) is 15.5 Å². The minimum absolute atomic E-state index is 0.112. The summed E-state index contributed by atoms with van der Waals surface area (Å²) in [5.41, 5.74) is 0.547. The van der Waals surface area contributed by atoms with Gasteiger partial charge in [-0.25, -0.2) is 4.99 Å². The highest BCUT2D eigenvalue weighted by Crippen LogP contribution is 2.26. The molecule has 8 heteroatoms. The molecule has 1 saturated heterocycles. The Morgan fingerprint density at radius 3 is 2.67 bits per heavy atom. The van der Waals surface area contributed by atoms with Crippen LogP contribution in [0.15, 0.2) is 23.2 Å². The predicted octanol–water partition coefficient (Wildman–Crippen LogP) is 2.69. The third-order valence-corrected chi connectivity index (χ3v) is 4.63. The minimum atomic E-state index is -2.88. The molecule has 0 bridgehead atoms. The Kier molecular flexibility index (Phi) is 8.57. The highest BCUT2D eigenvalue weighted by molar-refractivity contribution is 5.79. The van der Waals surface area contributed by atoms with E-state index in [9.17, 15) is 8.78 Å². The zero-order chi connectivity index (χ0) is 19.6. The van der Waals surface area contributed by atoms with Crippen LogP contribution in [0.25, 0.3) is 0 Å². The lowest BCUT2D eigenvalue weighted by Crippen LogP contribution is -2.42. The predicted molar refractivity (Wildman–Crippen MR) is 103 cm³/mol. The number of rotatable bonds is 8. The molecule has 0 spiro atoms. The van der Waals surface area contributed by atoms with E-state index < -0.39 is 6.61 Å². The highest BCUT2D eigenvalue weighted by atomic mass is 19.3. The van der Waals surface area contributed by atoms with E-state index in [2.05, 4.69) is 32.3 Å². The molecule has 1 aliphatic rings. The largest absolute Gasteiger partial charge is 0.497 e. The fourth-order valence-electron chi connectivity index (χ4n) is 3.03. The van der Waals surface area contributed by atoms with Gasteiger partial charge in [0.05, 0.1) is 13.7 Å². The van der Waals surface area contributed by atoms with Crippen LogP contribution in [-0.4, -0.2) is 57.8 Å². The van der Waals surface area contributed by atoms with Crippen molar-refractivity contribution in [3.8, 4) is 11.5 Å². The van der Waals surface area contributed by atoms with Gasteiger partial charge in [-0.3, -0.25) is 0 Å². The summed E-state index contributed by atoms with van der Waals surface area (Å²) in [7, 11) is 3.67. The van der Waals surface area contributed by atoms with Gasteiger partial charge in [0.25, 0.3) is 0 Å². The molecule has 0 atom stereocenters. The third-order valence-electron chi connectivity index (χ3n) is 4.63. The molecule has 152 valence electrons. The van der Waals surface area contributed by atoms with Crippen LogP contribution in [0.1, 0.15) is 25.3 Å². The lowest BCUT2D eigenvalue weighted by Gasteiger charge is -2.29. The number of hydrogen-bond acceptors (Lipinski definition) is 4. The zero-order valence-electron chi connectivity index (χ0n) is 16.3. The van der Waals surface area contributed by atoms with Gasteiger partial charge >= 0.3 is 6.61 Å². The summed E-state index contributed by atoms with van der Waals surface area (Å²) in [6.07, 6.45) is 2.32. The topological polar surface area (TPSA) is 58.1 Å². The smallest absolute Gasteiger partial charge is 0.387 e. The molecule has 0 unspecified atom stereocenters. The number of piperidine rings is 1. The van der Waals surface area contributed by atoms with Crippen molar-refractivity contribution in [2.45, 2.75) is 32.9 Å². The van der Waals surface area contributed by atoms with Crippen LogP contribution in [0.5, 0.6) is 11.5 Å². The van der Waals surface area contributed by atoms with E-state index in [0.717, 1.165) is 39.0 Å². The molecule has 1 heterocycles. The Bertz CT molecular complexity index is 605. The number of halogens is 2. The van der Waals surface area contributed by atoms with Crippen LogP contribution in [0, 0.1) is 5.92 Å². The quantitative estimate of drug-likeness (QED) is 0.533. The first-order valence-corrected chi connectivity index (χ1v) is 9.34. The van der Waals surface area contributed by atoms with E-state index in [4.69, 9.17) is 4.74 Å². The fraction of sp³-hybridized carbons (Fsp3) is 0.632. The van der Waals surface area contributed by atoms with Crippen LogP contribution in [0.4, 0.5) is 8.78 Å². The molecule has 1 fully saturated rings. The number of nitrogens with one attached hydrogen (secondary N) is 2. The second-order valence-corrected chi connectivity index (χ2v) is 6.67. The van der Waals surface area contributed by atoms with Crippen LogP contribution in [0.3, 0.4) is 0 Å². The van der Waals surface area contributed by atoms with E-state index in [-0.39, 0.29) is 12.3 Å². The van der Waals surface area contributed by atoms with Gasteiger partial charge in [-0.05, 0) is 64.0 Å². The molecular formula is C19H30F2N4O2. The monoisotopic (exact) mass is 384 g/mol. The number of likely N-dealkylation sites (tertiary alicyclic amines) is 1. The number of benzene rings is 1. The van der Waals surface area contributed by atoms with Crippen LogP contribution < -0.4 is 20.1 Å². The standard InChI is InChI=1S/C19H30F2N4O2/c1-4-22-19(23-12-14-7-9-25(2)10-8-14)24-13-15-11-16(26-3)5-6-17(15)27-18(20)21/h5-6,11,14,18H,4,7-10,12-13H2,1-3H3,(H2,22,23,24). The van der Waals surface area contributed by atoms with Crippen LogP contribution in [0.2, 0.25) is 0 Å². The molecule has 27 heavy (non-hydrogen) atoms. The number of aliphatic imine (C=N–C) groups is 1. The molecule has 0 aromatic heterocycles. The molecule has 0 aliphatic carbocycles. The van der Waals surface area contributed by atoms with E-state index in [1.165, 1.54) is 13.2 Å². The Morgan fingerprint density at radius 2 is 2.04 bits per heavy atom. The third kappa shape index (κ3) is 7.21. The molecule has 2 N–H and O–H groups in total. The Labute approximate surface area is 159 Å². The average molecular weight is 384 g/mol. The minimum Gasteiger partial charge on any atom is -0.497 e. The number of alkyl halides is 2. The molecule has 0 saturated carbocycles. The van der Waals surface area contributed by atoms with E-state index >= 15 is 0 Å². The van der Waals surface area contributed by atoms with Gasteiger partial charge in [-0.15, -0.1) is 0 Å². The first kappa shape index (κ1) is 21.2. The Balaban J connectivity index is 2.02. The summed E-state index contributed by atoms with van der Waals surface area (Å²) in [4.78, 5) is 6.87. The lowest BCUT2D eigenvalue weighted by atomic mass is 9.97. The lowest BCUT2D eigenvalue weighted by molar-refractivity contribution is -0.0504. The van der Waals surface area contributed by atoms with Crippen molar-refractivity contribution in [2.24, 2.45) is 10.9 Å². The van der Waals surface area contributed by atoms with Gasteiger partial charge in [0, 0.05) is 18.7 Å². The molecule has 0 radical (unpaired) electrons. The second kappa shape index (κ2) is 10.9. The summed E-state index contributed by atoms with van der Waals surface area (Å²) in [5.74, 6) is 1.97. The maximum absolute atomic E-state index is 12.6. The summed E-state index contributed by atoms with van der Waals surface area (Å²) in [6.45, 7) is 3.11. The molecular weight excluding hydrogens is 354 g/mol. The summed E-state index contributed by atoms with van der Waals surface area (Å²) < 4.78 is 35.1. The van der Waals surface area contributed by atoms with E-state index in [1.807, 2.05) is 6.92 Å². The number of nitrogens with zero attached hydrogens (tertiary/aromatic N) is 2. The van der Waals surface area contributed by atoms with Crippen molar-refractivity contribution in [2.75, 3.05) is 40.3 Å². The number of hydrogen-bond donors (Lipinski definition) is 2. The Morgan fingerprint density at radius 1 is 1.30 bits per heavy atom. The van der Waals surface area contributed by atoms with Gasteiger partial charge in [0.15, 0.2) is 5.96 Å². The number of ether oxygens (including phenoxy) is 2. The van der Waals surface area contributed by atoms with Gasteiger partial charge in [-0.2, -0.15) is 8.78 Å². The first-order valence-electron chi connectivity index (χ1n) is 9.34. The second-order valence-electron chi connectivity index (χ2n) is 6.67. The SMILES string of the molecule is CCNC(=NCc1cc(OC)ccc1OC(F)F)NCC1CCN(C)CC1. The van der Waals surface area contributed by atoms with E-state index in [0.29, 0.717) is 23.2 Å². The van der Waals surface area contributed by atoms with Crippen molar-refractivity contribution in [3.05, 3.63) is 23.8 Å². The highest BCUT2D eigenvalue weighted by Gasteiger charge is 2.17. The fourth-order valence-corrected chi connectivity index (χ4v) is 3.03. The number of methoxy groups -OCH3 is 1. The summed E-state index contributed by atoms with van der Waals surface area (Å²) in [6, 6.07) is 4.74. The van der Waals surface area contributed by atoms with Crippen LogP contribution >= 0.6 is 0 Å². The number of guanidine groups is 1. The molecule has 1 aromatic carbocycles. The molecule has 1 aromatic rings. The maximum atomic E-state index is 12.6. The van der Waals surface area contributed by atoms with Crippen molar-refractivity contribution >= 4 is 5.96 Å². The van der Waals surface area contributed by atoms with Gasteiger partial charge in [0.1, 0.15) is 11.5 Å². The molecule has 6 nitrogen and oxygen atoms in total. The summed E-state index contributed by atoms with van der Waals surface area (Å²) in [5, 5.41) is 6.56.